The van der Waals surface area contributed by atoms with Gasteiger partial charge < -0.3 is 43.8 Å². The third-order valence-electron chi connectivity index (χ3n) is 4.59. The topological polar surface area (TPSA) is 36.9 Å². The fourth-order valence-corrected chi connectivity index (χ4v) is 3.15. The molecule has 0 bridgehead atoms. The van der Waals surface area contributed by atoms with Gasteiger partial charge in [0.15, 0.2) is 0 Å². The standard InChI is InChI=1S/C9H11.4C4H8O.BrH.2ClH.Mg.Mn/c1-7-4-8(2)6-9(3)5-7;4*1-2-4-5-3-1;;;;;/h4-5H,1-3H3;4*1-4H2;3*1H;;/q-1;;;;;;;;2*+2/p-3. The van der Waals surface area contributed by atoms with E-state index in [-0.39, 0.29) is 47.9 Å². The van der Waals surface area contributed by atoms with Crippen LogP contribution in [-0.2, 0) is 33.2 Å². The van der Waals surface area contributed by atoms with Crippen molar-refractivity contribution in [1.29, 1.82) is 0 Å². The molecule has 0 spiro atoms. The minimum absolute atomic E-state index is 0. The Morgan fingerprint density at radius 1 is 0.559 bits per heavy atom. The molecule has 1 aromatic carbocycles. The third-order valence-corrected chi connectivity index (χ3v) is 4.59. The summed E-state index contributed by atoms with van der Waals surface area (Å²) in [5, 5.41) is 0. The summed E-state index contributed by atoms with van der Waals surface area (Å²) in [5.41, 5.74) is 3.78. The molecule has 0 aromatic heterocycles. The summed E-state index contributed by atoms with van der Waals surface area (Å²) >= 11 is 5.50. The molecule has 0 atom stereocenters. The molecule has 0 aliphatic carbocycles. The van der Waals surface area contributed by atoms with E-state index in [1.807, 2.05) is 0 Å². The number of halogens is 3. The number of ether oxygens (including phenoxy) is 4. The third kappa shape index (κ3) is 31.4. The van der Waals surface area contributed by atoms with Gasteiger partial charge in [-0.25, -0.2) is 0 Å². The summed E-state index contributed by atoms with van der Waals surface area (Å²) in [6.07, 6.45) is 10.2. The molecule has 4 heterocycles. The van der Waals surface area contributed by atoms with Gasteiger partial charge in [-0.3, -0.25) is 0 Å². The fourth-order valence-electron chi connectivity index (χ4n) is 3.15. The Morgan fingerprint density at radius 3 is 0.882 bits per heavy atom. The first kappa shape index (κ1) is 42.5. The second-order valence-electron chi connectivity index (χ2n) is 7.80. The van der Waals surface area contributed by atoms with Crippen LogP contribution in [0.3, 0.4) is 0 Å². The molecule has 4 aliphatic heterocycles. The van der Waals surface area contributed by atoms with E-state index in [1.54, 1.807) is 0 Å². The maximum atomic E-state index is 4.94. The second kappa shape index (κ2) is 34.4. The summed E-state index contributed by atoms with van der Waals surface area (Å²) in [4.78, 5) is 0. The van der Waals surface area contributed by atoms with Crippen molar-refractivity contribution in [2.24, 2.45) is 0 Å². The Hall–Kier alpha value is 1.41. The molecule has 5 rings (SSSR count). The van der Waals surface area contributed by atoms with Crippen molar-refractivity contribution in [3.63, 3.8) is 0 Å². The first-order valence-electron chi connectivity index (χ1n) is 11.6. The van der Waals surface area contributed by atoms with Gasteiger partial charge in [0.1, 0.15) is 0 Å². The van der Waals surface area contributed by atoms with Crippen LogP contribution in [0.25, 0.3) is 0 Å². The zero-order valence-corrected chi connectivity index (χ0v) is 27.0. The van der Waals surface area contributed by atoms with Crippen molar-refractivity contribution in [3.8, 4) is 0 Å². The van der Waals surface area contributed by atoms with E-state index in [4.69, 9.17) is 18.9 Å². The van der Waals surface area contributed by atoms with Gasteiger partial charge >= 0.3 is 51.4 Å². The molecule has 197 valence electrons. The predicted molar refractivity (Wildman–Crippen MR) is 134 cm³/mol. The van der Waals surface area contributed by atoms with E-state index in [0.717, 1.165) is 52.9 Å². The Balaban J connectivity index is -0.000000162. The number of hydrogen-bond acceptors (Lipinski definition) is 4. The Kier molecular flexibility index (Phi) is 43.0. The molecular weight excluding hydrogens is 594 g/mol. The van der Waals surface area contributed by atoms with Crippen molar-refractivity contribution >= 4 is 37.2 Å². The zero-order valence-electron chi connectivity index (χ0n) is 21.3. The SMILES string of the molecule is C1CCOC1.C1CCOC1.C1CCOC1.C1CCOC1.Cc1[c-]c(C)cc(C)c1.[Cl-].[Cl-].[Mg+2].[Mn+][Br]. The van der Waals surface area contributed by atoms with E-state index in [0.29, 0.717) is 0 Å². The summed E-state index contributed by atoms with van der Waals surface area (Å²) in [7, 11) is 0. The van der Waals surface area contributed by atoms with Gasteiger partial charge in [-0.05, 0) is 51.4 Å². The van der Waals surface area contributed by atoms with Gasteiger partial charge in [-0.2, -0.15) is 34.9 Å². The number of aryl methyl sites for hydroxylation is 3. The molecule has 4 nitrogen and oxygen atoms in total. The summed E-state index contributed by atoms with van der Waals surface area (Å²) in [6, 6.07) is 7.47. The summed E-state index contributed by atoms with van der Waals surface area (Å²) < 4.78 is 19.8. The van der Waals surface area contributed by atoms with Gasteiger partial charge in [0, 0.05) is 52.9 Å². The molecule has 0 unspecified atom stereocenters. The quantitative estimate of drug-likeness (QED) is 0.299. The fraction of sp³-hybridized carbons (Fsp3) is 0.760. The summed E-state index contributed by atoms with van der Waals surface area (Å²) in [6.45, 7) is 14.2. The molecule has 0 radical (unpaired) electrons. The van der Waals surface area contributed by atoms with Crippen molar-refractivity contribution < 1.29 is 58.0 Å². The Labute approximate surface area is 253 Å². The van der Waals surface area contributed by atoms with E-state index in [9.17, 15) is 0 Å². The Bertz CT molecular complexity index is 383. The number of benzene rings is 1. The van der Waals surface area contributed by atoms with Gasteiger partial charge in [0.2, 0.25) is 0 Å². The van der Waals surface area contributed by atoms with Gasteiger partial charge in [0.05, 0.1) is 0 Å². The first-order valence-corrected chi connectivity index (χ1v) is 14.5. The average Bonchev–Trinajstić information content (AvgIpc) is 3.62. The molecular formula is C25H43BrCl2MgMnO4. The van der Waals surface area contributed by atoms with Crippen molar-refractivity contribution in [2.75, 3.05) is 52.9 Å². The van der Waals surface area contributed by atoms with Gasteiger partial charge in [0.25, 0.3) is 0 Å². The van der Waals surface area contributed by atoms with Crippen LogP contribution >= 0.6 is 14.1 Å². The van der Waals surface area contributed by atoms with E-state index >= 15 is 0 Å². The number of hydrogen-bond donors (Lipinski definition) is 0. The van der Waals surface area contributed by atoms with Crippen LogP contribution in [0.5, 0.6) is 0 Å². The summed E-state index contributed by atoms with van der Waals surface area (Å²) in [5.74, 6) is 0. The van der Waals surface area contributed by atoms with Gasteiger partial charge in [-0.15, -0.1) is 0 Å². The molecule has 4 aliphatic rings. The monoisotopic (exact) mass is 635 g/mol. The Morgan fingerprint density at radius 2 is 0.765 bits per heavy atom. The van der Waals surface area contributed by atoms with Crippen LogP contribution in [-0.4, -0.2) is 75.9 Å². The van der Waals surface area contributed by atoms with E-state index < -0.39 is 0 Å². The molecule has 9 heteroatoms. The van der Waals surface area contributed by atoms with Crippen molar-refractivity contribution in [1.82, 2.24) is 0 Å². The first-order chi connectivity index (χ1) is 15.2. The molecule has 0 saturated carbocycles. The van der Waals surface area contributed by atoms with Crippen LogP contribution in [0.1, 0.15) is 68.1 Å². The molecule has 1 aromatic rings. The normalized spacial score (nSPS) is 16.8. The van der Waals surface area contributed by atoms with E-state index in [1.165, 1.54) is 68.1 Å². The van der Waals surface area contributed by atoms with Crippen molar-refractivity contribution in [3.05, 3.63) is 34.9 Å². The van der Waals surface area contributed by atoms with Gasteiger partial charge in [-0.1, -0.05) is 20.8 Å². The molecule has 4 fully saturated rings. The molecule has 0 N–H and O–H groups in total. The van der Waals surface area contributed by atoms with Crippen LogP contribution in [0.4, 0.5) is 0 Å². The van der Waals surface area contributed by atoms with E-state index in [2.05, 4.69) is 67.3 Å². The van der Waals surface area contributed by atoms with Crippen LogP contribution in [0, 0.1) is 26.8 Å². The minimum atomic E-state index is 0. The van der Waals surface area contributed by atoms with Crippen molar-refractivity contribution in [2.45, 2.75) is 72.1 Å². The maximum absolute atomic E-state index is 4.94. The number of rotatable bonds is 0. The zero-order chi connectivity index (χ0) is 23.0. The van der Waals surface area contributed by atoms with Crippen LogP contribution in [0.15, 0.2) is 12.1 Å². The molecule has 4 saturated heterocycles. The average molecular weight is 638 g/mol. The molecule has 34 heavy (non-hydrogen) atoms. The van der Waals surface area contributed by atoms with Crippen LogP contribution < -0.4 is 24.8 Å². The molecule has 0 amide bonds. The van der Waals surface area contributed by atoms with Crippen LogP contribution in [0.2, 0.25) is 0 Å². The predicted octanol–water partition coefficient (Wildman–Crippen LogP) is 0.0696. The second-order valence-corrected chi connectivity index (χ2v) is 7.80.